The number of rotatable bonds is 6. The first-order valence-corrected chi connectivity index (χ1v) is 12.1. The van der Waals surface area contributed by atoms with Gasteiger partial charge in [0.05, 0.1) is 35.6 Å². The Kier molecular flexibility index (Phi) is 7.47. The fourth-order valence-electron chi connectivity index (χ4n) is 3.85. The van der Waals surface area contributed by atoms with Gasteiger partial charge < -0.3 is 4.74 Å². The maximum Gasteiger partial charge on any atom is 0.417 e. The van der Waals surface area contributed by atoms with Crippen LogP contribution in [-0.4, -0.2) is 45.1 Å². The molecule has 1 aliphatic heterocycles. The van der Waals surface area contributed by atoms with Crippen LogP contribution in [0.5, 0.6) is 0 Å². The van der Waals surface area contributed by atoms with Crippen LogP contribution in [0.1, 0.15) is 50.7 Å². The zero-order chi connectivity index (χ0) is 23.7. The highest BCUT2D eigenvalue weighted by atomic mass is 79.9. The summed E-state index contributed by atoms with van der Waals surface area (Å²) in [5, 5.41) is 9.86. The number of carbonyl (C=O) groups excluding carboxylic acids is 2. The van der Waals surface area contributed by atoms with Gasteiger partial charge in [0.15, 0.2) is 0 Å². The van der Waals surface area contributed by atoms with E-state index in [1.165, 1.54) is 28.4 Å². The molecule has 0 spiro atoms. The molecule has 2 aliphatic rings. The lowest BCUT2D eigenvalue weighted by atomic mass is 9.97. The van der Waals surface area contributed by atoms with Crippen LogP contribution in [0.3, 0.4) is 0 Å². The average Bonchev–Trinajstić information content (AvgIpc) is 2.91. The van der Waals surface area contributed by atoms with Crippen molar-refractivity contribution in [2.75, 3.05) is 16.8 Å². The van der Waals surface area contributed by atoms with Gasteiger partial charge >= 0.3 is 12.2 Å². The first kappa shape index (κ1) is 24.9. The van der Waals surface area contributed by atoms with Crippen LogP contribution in [0.25, 0.3) is 0 Å². The first-order valence-electron chi connectivity index (χ1n) is 10.1. The lowest BCUT2D eigenvalue weighted by Gasteiger charge is -2.33. The Hall–Kier alpha value is -1.77. The molecule has 1 aromatic carbocycles. The number of nitriles is 1. The summed E-state index contributed by atoms with van der Waals surface area (Å²) in [5.41, 5.74) is -3.17. The van der Waals surface area contributed by atoms with Crippen LogP contribution in [0.2, 0.25) is 0 Å². The Morgan fingerprint density at radius 1 is 1.25 bits per heavy atom. The Balaban J connectivity index is 1.80. The molecule has 0 radical (unpaired) electrons. The zero-order valence-electron chi connectivity index (χ0n) is 17.6. The summed E-state index contributed by atoms with van der Waals surface area (Å²) < 4.78 is 47.2. The van der Waals surface area contributed by atoms with Crippen molar-refractivity contribution in [1.82, 2.24) is 4.31 Å². The van der Waals surface area contributed by atoms with Gasteiger partial charge in [-0.05, 0) is 69.7 Å². The molecule has 0 N–H and O–H groups in total. The van der Waals surface area contributed by atoms with E-state index in [2.05, 4.69) is 15.9 Å². The summed E-state index contributed by atoms with van der Waals surface area (Å²) in [6, 6.07) is 3.68. The number of nitrogens with zero attached hydrogens (tertiary/aromatic N) is 3. The Morgan fingerprint density at radius 3 is 2.47 bits per heavy atom. The van der Waals surface area contributed by atoms with E-state index in [0.717, 1.165) is 42.0 Å². The van der Waals surface area contributed by atoms with Crippen molar-refractivity contribution in [3.63, 3.8) is 0 Å². The third-order valence-corrected chi connectivity index (χ3v) is 7.51. The molecule has 6 nitrogen and oxygen atoms in total. The van der Waals surface area contributed by atoms with Crippen molar-refractivity contribution >= 4 is 45.5 Å². The Labute approximate surface area is 197 Å². The van der Waals surface area contributed by atoms with Crippen LogP contribution < -0.4 is 4.90 Å². The highest BCUT2D eigenvalue weighted by Gasteiger charge is 2.53. The minimum Gasteiger partial charge on any atom is -0.377 e. The minimum absolute atomic E-state index is 0.0986. The van der Waals surface area contributed by atoms with E-state index in [9.17, 15) is 22.8 Å². The van der Waals surface area contributed by atoms with E-state index in [1.807, 2.05) is 0 Å². The van der Waals surface area contributed by atoms with Gasteiger partial charge in [-0.1, -0.05) is 15.9 Å². The van der Waals surface area contributed by atoms with Crippen molar-refractivity contribution in [2.24, 2.45) is 0 Å². The van der Waals surface area contributed by atoms with Crippen molar-refractivity contribution in [2.45, 2.75) is 62.6 Å². The van der Waals surface area contributed by atoms with Crippen molar-refractivity contribution in [3.05, 3.63) is 29.3 Å². The number of imide groups is 1. The molecule has 3 amide bonds. The normalized spacial score (nSPS) is 23.5. The molecule has 1 saturated heterocycles. The van der Waals surface area contributed by atoms with Gasteiger partial charge in [0.2, 0.25) is 0 Å². The fraction of sp³-hybridized carbons (Fsp3) is 0.571. The monoisotopic (exact) mass is 533 g/mol. The Bertz CT molecular complexity index is 927. The number of carbonyl (C=O) groups is 2. The number of anilines is 1. The van der Waals surface area contributed by atoms with E-state index in [-0.39, 0.29) is 17.0 Å². The highest BCUT2D eigenvalue weighted by molar-refractivity contribution is 9.09. The molecule has 0 aromatic heterocycles. The molecular formula is C21H23BrF3N3O3S. The van der Waals surface area contributed by atoms with Crippen LogP contribution in [0.4, 0.5) is 23.7 Å². The van der Waals surface area contributed by atoms with E-state index in [0.29, 0.717) is 12.7 Å². The fourth-order valence-corrected chi connectivity index (χ4v) is 5.33. The quantitative estimate of drug-likeness (QED) is 0.274. The highest BCUT2D eigenvalue weighted by Crippen LogP contribution is 2.43. The molecule has 0 unspecified atom stereocenters. The summed E-state index contributed by atoms with van der Waals surface area (Å²) in [5.74, 6) is -0.609. The van der Waals surface area contributed by atoms with Gasteiger partial charge in [-0.15, -0.1) is 0 Å². The second kappa shape index (κ2) is 9.61. The van der Waals surface area contributed by atoms with Gasteiger partial charge in [0.1, 0.15) is 5.54 Å². The van der Waals surface area contributed by atoms with Gasteiger partial charge in [-0.25, -0.2) is 9.69 Å². The molecule has 32 heavy (non-hydrogen) atoms. The molecule has 174 valence electrons. The largest absolute Gasteiger partial charge is 0.417 e. The lowest BCUT2D eigenvalue weighted by Crippen LogP contribution is -2.41. The molecular weight excluding hydrogens is 511 g/mol. The van der Waals surface area contributed by atoms with Gasteiger partial charge in [0, 0.05) is 10.6 Å². The molecule has 0 atom stereocenters. The topological polar surface area (TPSA) is 73.6 Å². The SMILES string of the molecule is CC1(C)C(=O)N(c2ccc(C#N)c(C(F)(F)F)c2)C(=O)N1SC1CCC(OCCBr)CC1. The van der Waals surface area contributed by atoms with Crippen LogP contribution >= 0.6 is 27.9 Å². The molecule has 3 rings (SSSR count). The van der Waals surface area contributed by atoms with Crippen molar-refractivity contribution in [3.8, 4) is 6.07 Å². The molecule has 1 heterocycles. The molecule has 1 aliphatic carbocycles. The number of benzene rings is 1. The second-order valence-electron chi connectivity index (χ2n) is 8.18. The number of ether oxygens (including phenoxy) is 1. The van der Waals surface area contributed by atoms with Crippen LogP contribution in [0.15, 0.2) is 18.2 Å². The van der Waals surface area contributed by atoms with E-state index >= 15 is 0 Å². The van der Waals surface area contributed by atoms with Crippen molar-refractivity contribution < 1.29 is 27.5 Å². The summed E-state index contributed by atoms with van der Waals surface area (Å²) >= 11 is 4.60. The molecule has 0 bridgehead atoms. The summed E-state index contributed by atoms with van der Waals surface area (Å²) in [6.45, 7) is 3.80. The molecule has 2 fully saturated rings. The zero-order valence-corrected chi connectivity index (χ0v) is 20.0. The third kappa shape index (κ3) is 4.92. The number of hydrogen-bond donors (Lipinski definition) is 0. The second-order valence-corrected chi connectivity index (χ2v) is 10.2. The number of hydrogen-bond acceptors (Lipinski definition) is 5. The number of halogens is 4. The van der Waals surface area contributed by atoms with E-state index in [1.54, 1.807) is 13.8 Å². The molecule has 11 heteroatoms. The average molecular weight is 534 g/mol. The summed E-state index contributed by atoms with van der Waals surface area (Å²) in [7, 11) is 0. The maximum absolute atomic E-state index is 13.4. The summed E-state index contributed by atoms with van der Waals surface area (Å²) in [4.78, 5) is 27.0. The number of alkyl halides is 4. The smallest absolute Gasteiger partial charge is 0.377 e. The van der Waals surface area contributed by atoms with Crippen LogP contribution in [0, 0.1) is 11.3 Å². The minimum atomic E-state index is -4.79. The maximum atomic E-state index is 13.4. The lowest BCUT2D eigenvalue weighted by molar-refractivity contribution is -0.137. The molecule has 1 aromatic rings. The predicted octanol–water partition coefficient (Wildman–Crippen LogP) is 5.50. The number of urea groups is 1. The van der Waals surface area contributed by atoms with Gasteiger partial charge in [-0.3, -0.25) is 9.10 Å². The van der Waals surface area contributed by atoms with Crippen LogP contribution in [-0.2, 0) is 15.7 Å². The predicted molar refractivity (Wildman–Crippen MR) is 118 cm³/mol. The third-order valence-electron chi connectivity index (χ3n) is 5.59. The summed E-state index contributed by atoms with van der Waals surface area (Å²) in [6.07, 6.45) is -1.32. The molecule has 1 saturated carbocycles. The van der Waals surface area contributed by atoms with Gasteiger partial charge in [0.25, 0.3) is 5.91 Å². The van der Waals surface area contributed by atoms with Crippen molar-refractivity contribution in [1.29, 1.82) is 5.26 Å². The standard InChI is InChI=1S/C21H23BrF3N3O3S/c1-20(2)18(29)27(14-4-3-13(12-26)17(11-14)21(23,24)25)19(30)28(20)32-16-7-5-15(6-8-16)31-10-9-22/h3-4,11,15-16H,5-10H2,1-2H3. The first-order chi connectivity index (χ1) is 15.0. The number of amides is 3. The van der Waals surface area contributed by atoms with E-state index < -0.39 is 34.8 Å². The van der Waals surface area contributed by atoms with Gasteiger partial charge in [-0.2, -0.15) is 18.4 Å². The Morgan fingerprint density at radius 2 is 1.91 bits per heavy atom. The van der Waals surface area contributed by atoms with E-state index in [4.69, 9.17) is 10.00 Å².